The van der Waals surface area contributed by atoms with Crippen LogP contribution in [0, 0.1) is 0 Å². The topological polar surface area (TPSA) is 24.9 Å². The molecule has 0 spiro atoms. The van der Waals surface area contributed by atoms with Gasteiger partial charge in [0.05, 0.1) is 11.4 Å². The molecule has 8 aliphatic rings. The van der Waals surface area contributed by atoms with Crippen LogP contribution in [-0.2, 0) is 0 Å². The van der Waals surface area contributed by atoms with Gasteiger partial charge in [0.1, 0.15) is 23.0 Å². The Labute approximate surface area is 498 Å². The number of nitrogens with zero attached hydrogens (tertiary/aromatic N) is 2. The van der Waals surface area contributed by atoms with E-state index in [4.69, 9.17) is 9.47 Å². The van der Waals surface area contributed by atoms with Gasteiger partial charge in [-0.3, -0.25) is 0 Å². The van der Waals surface area contributed by atoms with Gasteiger partial charge in [-0.1, -0.05) is 211 Å². The number of ether oxygens (including phenoxy) is 2. The predicted molar refractivity (Wildman–Crippen MR) is 352 cm³/mol. The molecule has 9 aromatic carbocycles. The van der Waals surface area contributed by atoms with E-state index in [0.717, 1.165) is 34.4 Å². The van der Waals surface area contributed by atoms with Gasteiger partial charge in [0.2, 0.25) is 0 Å². The minimum Gasteiger partial charge on any atom is -0.456 e. The first-order chi connectivity index (χ1) is 41.7. The van der Waals surface area contributed by atoms with Crippen LogP contribution < -0.4 is 52.1 Å². The van der Waals surface area contributed by atoms with Gasteiger partial charge in [-0.05, 0) is 190 Å². The predicted octanol–water partition coefficient (Wildman–Crippen LogP) is 18.0. The summed E-state index contributed by atoms with van der Waals surface area (Å²) in [7, 11) is 0. The molecule has 0 atom stereocenters. The Morgan fingerprint density at radius 1 is 0.298 bits per heavy atom. The Morgan fingerprint density at radius 3 is 1.01 bits per heavy atom. The van der Waals surface area contributed by atoms with Crippen LogP contribution >= 0.6 is 0 Å². The second-order valence-electron chi connectivity index (χ2n) is 26.3. The molecule has 414 valence electrons. The molecule has 0 amide bonds. The minimum atomic E-state index is -0.144. The first kappa shape index (κ1) is 50.8. The van der Waals surface area contributed by atoms with Crippen LogP contribution in [0.4, 0.5) is 34.1 Å². The molecule has 4 aliphatic heterocycles. The summed E-state index contributed by atoms with van der Waals surface area (Å²) < 4.78 is 16.0. The highest BCUT2D eigenvalue weighted by Gasteiger charge is 2.52. The first-order valence-electron chi connectivity index (χ1n) is 32.7. The summed E-state index contributed by atoms with van der Waals surface area (Å²) in [5.41, 5.74) is 25.2. The zero-order valence-electron chi connectivity index (χ0n) is 48.6. The van der Waals surface area contributed by atoms with E-state index in [9.17, 15) is 0 Å². The van der Waals surface area contributed by atoms with E-state index in [1.54, 1.807) is 0 Å². The molecule has 6 heteroatoms. The van der Waals surface area contributed by atoms with Crippen molar-refractivity contribution in [3.05, 3.63) is 204 Å². The molecule has 0 saturated heterocycles. The molecular formula is C78H74B2N2O2. The monoisotopic (exact) mass is 1090 g/mol. The highest BCUT2D eigenvalue weighted by molar-refractivity contribution is 7.02. The van der Waals surface area contributed by atoms with Gasteiger partial charge in [-0.25, -0.2) is 0 Å². The Kier molecular flexibility index (Phi) is 12.8. The minimum absolute atomic E-state index is 0.144. The van der Waals surface area contributed by atoms with Gasteiger partial charge >= 0.3 is 0 Å². The lowest BCUT2D eigenvalue weighted by molar-refractivity contribution is 0.443. The molecule has 4 heterocycles. The van der Waals surface area contributed by atoms with Gasteiger partial charge in [0.25, 0.3) is 13.4 Å². The van der Waals surface area contributed by atoms with Crippen molar-refractivity contribution in [3.8, 4) is 45.3 Å². The highest BCUT2D eigenvalue weighted by atomic mass is 16.5. The maximum absolute atomic E-state index is 7.99. The molecule has 4 nitrogen and oxygen atoms in total. The molecule has 4 aliphatic carbocycles. The van der Waals surface area contributed by atoms with Crippen molar-refractivity contribution in [1.29, 1.82) is 0 Å². The van der Waals surface area contributed by atoms with Crippen LogP contribution in [0.1, 0.15) is 174 Å². The standard InChI is InChI=1S/C78H74B2N2O2/c1-7-19-51(20-8-1)57-31-39-63(40-32-57)81-69-43-35-59(53-23-11-3-12-24-53)47-65(69)79-67-49-61(55-27-15-5-16-28-55)38-46-72(67)84-78-73(79)75(81)77-74-76(78)82(64-41-33-58(34-42-64)52-21-9-2-10-22-52)70-44-36-60(54-25-13-4-14-26-54)48-66(70)80(74)68-50-62(37-45-71(68)83-77)56-29-17-6-18-30-56/h5-6,15-18,27-54H,1-4,7-14,19-26H2. The second-order valence-corrected chi connectivity index (χ2v) is 26.3. The molecule has 0 aromatic heterocycles. The van der Waals surface area contributed by atoms with Gasteiger partial charge in [-0.15, -0.1) is 0 Å². The SMILES string of the molecule is c1ccc(-c2ccc3c(c2)B2c4cc(C5CCCCC5)ccc4N(c4ccc(C5CCCCC5)cc4)c4c5c6c(c(c42)O3)N(c2ccc(C3CCCCC3)cc2)c2ccc(C3CCCCC3)cc2B6c2cc(-c3ccccc3)ccc2O5)cc1. The third kappa shape index (κ3) is 8.54. The number of fused-ring (bicyclic) bond motifs is 10. The Bertz CT molecular complexity index is 3710. The van der Waals surface area contributed by atoms with E-state index in [1.807, 2.05) is 0 Å². The first-order valence-corrected chi connectivity index (χ1v) is 32.7. The fraction of sp³-hybridized carbons (Fsp3) is 0.308. The van der Waals surface area contributed by atoms with Crippen LogP contribution in [0.5, 0.6) is 23.0 Å². The van der Waals surface area contributed by atoms with Crippen molar-refractivity contribution >= 4 is 80.3 Å². The zero-order chi connectivity index (χ0) is 55.2. The molecule has 0 bridgehead atoms. The van der Waals surface area contributed by atoms with Crippen molar-refractivity contribution in [2.45, 2.75) is 152 Å². The molecular weight excluding hydrogens is 1020 g/mol. The largest absolute Gasteiger partial charge is 0.456 e. The molecule has 4 saturated carbocycles. The van der Waals surface area contributed by atoms with Crippen molar-refractivity contribution in [1.82, 2.24) is 0 Å². The summed E-state index contributed by atoms with van der Waals surface area (Å²) in [5, 5.41) is 0. The van der Waals surface area contributed by atoms with Crippen molar-refractivity contribution in [2.75, 3.05) is 9.80 Å². The summed E-state index contributed by atoms with van der Waals surface area (Å²) in [6.07, 6.45) is 25.8. The number of anilines is 6. The quantitative estimate of drug-likeness (QED) is 0.142. The van der Waals surface area contributed by atoms with Crippen LogP contribution in [0.2, 0.25) is 0 Å². The lowest BCUT2D eigenvalue weighted by Gasteiger charge is -2.47. The fourth-order valence-electron chi connectivity index (χ4n) is 17.3. The normalized spacial score (nSPS) is 18.4. The molecule has 0 unspecified atom stereocenters. The van der Waals surface area contributed by atoms with Crippen LogP contribution in [0.3, 0.4) is 0 Å². The zero-order valence-corrected chi connectivity index (χ0v) is 48.6. The molecule has 0 radical (unpaired) electrons. The molecule has 9 aromatic rings. The number of benzene rings is 9. The smallest absolute Gasteiger partial charge is 0.256 e. The summed E-state index contributed by atoms with van der Waals surface area (Å²) in [5.74, 6) is 6.04. The average Bonchev–Trinajstić information content (AvgIpc) is 1.04. The third-order valence-corrected chi connectivity index (χ3v) is 21.5. The van der Waals surface area contributed by atoms with E-state index < -0.39 is 0 Å². The van der Waals surface area contributed by atoms with E-state index in [0.29, 0.717) is 23.7 Å². The summed E-state index contributed by atoms with van der Waals surface area (Å²) >= 11 is 0. The average molecular weight is 1090 g/mol. The Morgan fingerprint density at radius 2 is 0.643 bits per heavy atom. The third-order valence-electron chi connectivity index (χ3n) is 21.5. The summed E-state index contributed by atoms with van der Waals surface area (Å²) in [6.45, 7) is -0.287. The lowest BCUT2D eigenvalue weighted by Crippen LogP contribution is -2.64. The summed E-state index contributed by atoms with van der Waals surface area (Å²) in [6, 6.07) is 71.0. The fourth-order valence-corrected chi connectivity index (χ4v) is 17.3. The molecule has 17 rings (SSSR count). The van der Waals surface area contributed by atoms with Gasteiger partial charge in [0, 0.05) is 33.7 Å². The maximum Gasteiger partial charge on any atom is 0.256 e. The van der Waals surface area contributed by atoms with Crippen molar-refractivity contribution < 1.29 is 9.47 Å². The molecule has 0 N–H and O–H groups in total. The van der Waals surface area contributed by atoms with Crippen LogP contribution in [0.25, 0.3) is 22.3 Å². The van der Waals surface area contributed by atoms with Gasteiger partial charge in [-0.2, -0.15) is 0 Å². The van der Waals surface area contributed by atoms with Gasteiger partial charge < -0.3 is 19.3 Å². The second kappa shape index (κ2) is 21.1. The maximum atomic E-state index is 7.99. The molecule has 4 fully saturated rings. The number of hydrogen-bond acceptors (Lipinski definition) is 4. The molecule has 84 heavy (non-hydrogen) atoms. The van der Waals surface area contributed by atoms with E-state index >= 15 is 0 Å². The lowest BCUT2D eigenvalue weighted by atomic mass is 9.31. The summed E-state index contributed by atoms with van der Waals surface area (Å²) in [4.78, 5) is 5.26. The Balaban J connectivity index is 0.973. The van der Waals surface area contributed by atoms with Crippen LogP contribution in [-0.4, -0.2) is 13.4 Å². The van der Waals surface area contributed by atoms with Crippen molar-refractivity contribution in [2.24, 2.45) is 0 Å². The number of rotatable bonds is 8. The number of hydrogen-bond donors (Lipinski definition) is 0. The van der Waals surface area contributed by atoms with E-state index in [2.05, 4.69) is 192 Å². The van der Waals surface area contributed by atoms with Gasteiger partial charge in [0.15, 0.2) is 0 Å². The Hall–Kier alpha value is -7.69. The van der Waals surface area contributed by atoms with Crippen molar-refractivity contribution in [3.63, 3.8) is 0 Å². The van der Waals surface area contributed by atoms with E-state index in [-0.39, 0.29) is 13.4 Å². The highest BCUT2D eigenvalue weighted by Crippen LogP contribution is 2.55. The van der Waals surface area contributed by atoms with Crippen LogP contribution in [0.15, 0.2) is 182 Å². The van der Waals surface area contributed by atoms with E-state index in [1.165, 1.54) is 228 Å².